The Bertz CT molecular complexity index is 631. The standard InChI is InChI=1S/C16H20N4O.HI/c1-3-21-15-13(7-5-9-18-15)11-19-16(17)20-14-8-4-6-12(2)10-14;/h4-10H,3,11H2,1-2H3,(H3,17,19,20);1H. The van der Waals surface area contributed by atoms with Gasteiger partial charge in [-0.25, -0.2) is 9.98 Å². The summed E-state index contributed by atoms with van der Waals surface area (Å²) in [5.74, 6) is 0.971. The number of nitrogens with zero attached hydrogens (tertiary/aromatic N) is 2. The number of halogens is 1. The van der Waals surface area contributed by atoms with E-state index in [-0.39, 0.29) is 24.0 Å². The maximum Gasteiger partial charge on any atom is 0.218 e. The smallest absolute Gasteiger partial charge is 0.218 e. The fourth-order valence-corrected chi connectivity index (χ4v) is 1.89. The largest absolute Gasteiger partial charge is 0.478 e. The summed E-state index contributed by atoms with van der Waals surface area (Å²) < 4.78 is 5.46. The maximum absolute atomic E-state index is 5.91. The second-order valence-corrected chi connectivity index (χ2v) is 4.60. The van der Waals surface area contributed by atoms with Crippen LogP contribution in [0.2, 0.25) is 0 Å². The van der Waals surface area contributed by atoms with E-state index in [2.05, 4.69) is 15.3 Å². The predicted octanol–water partition coefficient (Wildman–Crippen LogP) is 3.33. The van der Waals surface area contributed by atoms with Gasteiger partial charge in [0.1, 0.15) is 0 Å². The molecule has 22 heavy (non-hydrogen) atoms. The first-order valence-electron chi connectivity index (χ1n) is 6.89. The van der Waals surface area contributed by atoms with Crippen molar-refractivity contribution in [2.45, 2.75) is 20.4 Å². The molecule has 0 saturated carbocycles. The van der Waals surface area contributed by atoms with E-state index in [0.717, 1.165) is 11.3 Å². The van der Waals surface area contributed by atoms with Crippen molar-refractivity contribution in [1.82, 2.24) is 4.98 Å². The number of benzene rings is 1. The molecule has 0 aliphatic carbocycles. The van der Waals surface area contributed by atoms with E-state index >= 15 is 0 Å². The van der Waals surface area contributed by atoms with Crippen LogP contribution in [0.25, 0.3) is 0 Å². The number of aryl methyl sites for hydroxylation is 1. The van der Waals surface area contributed by atoms with Crippen LogP contribution in [0.5, 0.6) is 5.88 Å². The van der Waals surface area contributed by atoms with Gasteiger partial charge >= 0.3 is 0 Å². The zero-order valence-corrected chi connectivity index (χ0v) is 15.1. The number of guanidine groups is 1. The average Bonchev–Trinajstić information content (AvgIpc) is 2.47. The molecule has 2 aromatic rings. The van der Waals surface area contributed by atoms with Crippen molar-refractivity contribution in [3.8, 4) is 5.88 Å². The van der Waals surface area contributed by atoms with Gasteiger partial charge in [-0.05, 0) is 37.6 Å². The second-order valence-electron chi connectivity index (χ2n) is 4.60. The monoisotopic (exact) mass is 412 g/mol. The number of anilines is 1. The van der Waals surface area contributed by atoms with Gasteiger partial charge in [-0.1, -0.05) is 18.2 Å². The first kappa shape index (κ1) is 18.2. The number of ether oxygens (including phenoxy) is 1. The number of nitrogens with two attached hydrogens (primary N) is 1. The van der Waals surface area contributed by atoms with Gasteiger partial charge in [-0.3, -0.25) is 0 Å². The molecule has 0 unspecified atom stereocenters. The van der Waals surface area contributed by atoms with Crippen molar-refractivity contribution in [3.63, 3.8) is 0 Å². The summed E-state index contributed by atoms with van der Waals surface area (Å²) in [6.45, 7) is 4.95. The molecule has 0 aliphatic rings. The Balaban J connectivity index is 0.00000242. The van der Waals surface area contributed by atoms with E-state index in [0.29, 0.717) is 25.0 Å². The van der Waals surface area contributed by atoms with Crippen LogP contribution in [0, 0.1) is 6.92 Å². The third kappa shape index (κ3) is 5.51. The Kier molecular flexibility index (Phi) is 7.65. The third-order valence-electron chi connectivity index (χ3n) is 2.84. The Labute approximate surface area is 148 Å². The Hall–Kier alpha value is -1.83. The topological polar surface area (TPSA) is 72.5 Å². The molecule has 1 aromatic carbocycles. The zero-order valence-electron chi connectivity index (χ0n) is 12.7. The van der Waals surface area contributed by atoms with Gasteiger partial charge in [0.25, 0.3) is 0 Å². The molecule has 5 nitrogen and oxygen atoms in total. The fraction of sp³-hybridized carbons (Fsp3) is 0.250. The van der Waals surface area contributed by atoms with Gasteiger partial charge in [-0.2, -0.15) is 0 Å². The summed E-state index contributed by atoms with van der Waals surface area (Å²) in [5, 5.41) is 3.07. The number of aliphatic imine (C=N–C) groups is 1. The molecule has 3 N–H and O–H groups in total. The maximum atomic E-state index is 5.91. The SMILES string of the molecule is CCOc1ncccc1CN=C(N)Nc1cccc(C)c1.I. The van der Waals surface area contributed by atoms with Crippen LogP contribution in [0.4, 0.5) is 5.69 Å². The summed E-state index contributed by atoms with van der Waals surface area (Å²) in [7, 11) is 0. The van der Waals surface area contributed by atoms with Crippen molar-refractivity contribution >= 4 is 35.6 Å². The van der Waals surface area contributed by atoms with Crippen LogP contribution >= 0.6 is 24.0 Å². The van der Waals surface area contributed by atoms with Crippen molar-refractivity contribution < 1.29 is 4.74 Å². The number of hydrogen-bond acceptors (Lipinski definition) is 3. The molecule has 1 heterocycles. The molecule has 1 aromatic heterocycles. The Morgan fingerprint density at radius 3 is 2.86 bits per heavy atom. The highest BCUT2D eigenvalue weighted by Crippen LogP contribution is 2.15. The molecule has 0 atom stereocenters. The molecule has 0 fully saturated rings. The predicted molar refractivity (Wildman–Crippen MR) is 101 cm³/mol. The van der Waals surface area contributed by atoms with E-state index in [9.17, 15) is 0 Å². The summed E-state index contributed by atoms with van der Waals surface area (Å²) in [6, 6.07) is 11.8. The van der Waals surface area contributed by atoms with Gasteiger partial charge in [0, 0.05) is 17.4 Å². The lowest BCUT2D eigenvalue weighted by Gasteiger charge is -2.08. The summed E-state index contributed by atoms with van der Waals surface area (Å²) >= 11 is 0. The third-order valence-corrected chi connectivity index (χ3v) is 2.84. The van der Waals surface area contributed by atoms with Crippen LogP contribution in [0.15, 0.2) is 47.6 Å². The van der Waals surface area contributed by atoms with E-state index in [1.54, 1.807) is 6.20 Å². The first-order chi connectivity index (χ1) is 10.2. The molecule has 0 bridgehead atoms. The minimum atomic E-state index is 0. The summed E-state index contributed by atoms with van der Waals surface area (Å²) in [6.07, 6.45) is 1.70. The normalized spacial score (nSPS) is 10.7. The summed E-state index contributed by atoms with van der Waals surface area (Å²) in [4.78, 5) is 8.51. The van der Waals surface area contributed by atoms with Crippen LogP contribution in [-0.4, -0.2) is 17.6 Å². The zero-order chi connectivity index (χ0) is 15.1. The molecule has 6 heteroatoms. The number of nitrogens with one attached hydrogen (secondary N) is 1. The van der Waals surface area contributed by atoms with E-state index < -0.39 is 0 Å². The van der Waals surface area contributed by atoms with Crippen molar-refractivity contribution in [1.29, 1.82) is 0 Å². The molecule has 0 saturated heterocycles. The minimum absolute atomic E-state index is 0. The number of hydrogen-bond donors (Lipinski definition) is 2. The van der Waals surface area contributed by atoms with Gasteiger partial charge in [0.15, 0.2) is 5.96 Å². The second kappa shape index (κ2) is 9.24. The highest BCUT2D eigenvalue weighted by Gasteiger charge is 2.03. The van der Waals surface area contributed by atoms with Crippen LogP contribution in [0.3, 0.4) is 0 Å². The Morgan fingerprint density at radius 1 is 1.32 bits per heavy atom. The molecule has 0 spiro atoms. The van der Waals surface area contributed by atoms with Crippen LogP contribution in [0.1, 0.15) is 18.1 Å². The lowest BCUT2D eigenvalue weighted by Crippen LogP contribution is -2.22. The van der Waals surface area contributed by atoms with E-state index in [1.807, 2.05) is 50.2 Å². The molecular weight excluding hydrogens is 391 g/mol. The molecular formula is C16H21IN4O. The highest BCUT2D eigenvalue weighted by atomic mass is 127. The molecule has 0 amide bonds. The number of pyridine rings is 1. The van der Waals surface area contributed by atoms with Crippen LogP contribution < -0.4 is 15.8 Å². The molecule has 0 radical (unpaired) electrons. The van der Waals surface area contributed by atoms with Gasteiger partial charge in [0.2, 0.25) is 5.88 Å². The number of aromatic nitrogens is 1. The van der Waals surface area contributed by atoms with E-state index in [4.69, 9.17) is 10.5 Å². The fourth-order valence-electron chi connectivity index (χ4n) is 1.89. The summed E-state index contributed by atoms with van der Waals surface area (Å²) in [5.41, 5.74) is 8.90. The quantitative estimate of drug-likeness (QED) is 0.449. The average molecular weight is 412 g/mol. The van der Waals surface area contributed by atoms with Crippen molar-refractivity contribution in [2.75, 3.05) is 11.9 Å². The molecule has 118 valence electrons. The Morgan fingerprint density at radius 2 is 2.14 bits per heavy atom. The molecule has 2 rings (SSSR count). The van der Waals surface area contributed by atoms with Gasteiger partial charge < -0.3 is 15.8 Å². The van der Waals surface area contributed by atoms with Crippen molar-refractivity contribution in [2.24, 2.45) is 10.7 Å². The first-order valence-corrected chi connectivity index (χ1v) is 6.89. The van der Waals surface area contributed by atoms with Crippen molar-refractivity contribution in [3.05, 3.63) is 53.7 Å². The highest BCUT2D eigenvalue weighted by molar-refractivity contribution is 14.0. The lowest BCUT2D eigenvalue weighted by molar-refractivity contribution is 0.323. The lowest BCUT2D eigenvalue weighted by atomic mass is 10.2. The number of rotatable bonds is 5. The van der Waals surface area contributed by atoms with Gasteiger partial charge in [0.05, 0.1) is 13.2 Å². The van der Waals surface area contributed by atoms with E-state index in [1.165, 1.54) is 5.56 Å². The minimum Gasteiger partial charge on any atom is -0.478 e. The van der Waals surface area contributed by atoms with Crippen LogP contribution in [-0.2, 0) is 6.54 Å². The van der Waals surface area contributed by atoms with Gasteiger partial charge in [-0.15, -0.1) is 24.0 Å². The molecule has 0 aliphatic heterocycles.